The Labute approximate surface area is 135 Å². The summed E-state index contributed by atoms with van der Waals surface area (Å²) >= 11 is 5.72. The highest BCUT2D eigenvalue weighted by Gasteiger charge is 2.39. The first-order valence-corrected chi connectivity index (χ1v) is 7.54. The Hall–Kier alpha value is -2.00. The van der Waals surface area contributed by atoms with Crippen molar-refractivity contribution in [1.29, 1.82) is 0 Å². The van der Waals surface area contributed by atoms with Gasteiger partial charge in [0.15, 0.2) is 10.8 Å². The summed E-state index contributed by atoms with van der Waals surface area (Å²) in [5, 5.41) is 11.4. The Balaban J connectivity index is 2.38. The average Bonchev–Trinajstić information content (AvgIpc) is 2.96. The molecule has 0 aliphatic rings. The number of benzene rings is 1. The van der Waals surface area contributed by atoms with Gasteiger partial charge in [-0.1, -0.05) is 11.6 Å². The number of aromatic carboxylic acids is 1. The molecule has 1 aromatic heterocycles. The molecule has 0 radical (unpaired) electrons. The van der Waals surface area contributed by atoms with Gasteiger partial charge in [-0.05, 0) is 24.3 Å². The minimum absolute atomic E-state index is 0.0122. The molecule has 2 aromatic rings. The van der Waals surface area contributed by atoms with E-state index in [0.29, 0.717) is 11.8 Å². The van der Waals surface area contributed by atoms with E-state index in [1.165, 1.54) is 6.26 Å². The number of hydrogen-bond acceptors (Lipinski definition) is 4. The Morgan fingerprint density at radius 3 is 2.61 bits per heavy atom. The average molecular weight is 368 g/mol. The maximum absolute atomic E-state index is 12.5. The standard InChI is InChI=1S/C13H9ClF3NO4S/c14-9-5-10(18-6-7-2-1-3-22-7)8(12(19)20)4-11(9)23(21)13(15,16)17/h1-5,18H,6H2,(H,19,20). The first kappa shape index (κ1) is 17.4. The largest absolute Gasteiger partial charge is 0.478 e. The molecule has 1 atom stereocenters. The molecular formula is C13H9ClF3NO4S. The molecule has 0 spiro atoms. The molecule has 0 fully saturated rings. The topological polar surface area (TPSA) is 79.5 Å². The number of furan rings is 1. The summed E-state index contributed by atoms with van der Waals surface area (Å²) in [6, 6.07) is 4.89. The lowest BCUT2D eigenvalue weighted by atomic mass is 10.1. The van der Waals surface area contributed by atoms with Crippen LogP contribution >= 0.6 is 11.6 Å². The van der Waals surface area contributed by atoms with Crippen LogP contribution < -0.4 is 5.32 Å². The van der Waals surface area contributed by atoms with E-state index >= 15 is 0 Å². The highest BCUT2D eigenvalue weighted by molar-refractivity contribution is 7.86. The number of halogens is 4. The second-order valence-corrected chi connectivity index (χ2v) is 6.13. The van der Waals surface area contributed by atoms with Gasteiger partial charge in [0.1, 0.15) is 5.76 Å². The van der Waals surface area contributed by atoms with Crippen LogP contribution in [0.25, 0.3) is 0 Å². The van der Waals surface area contributed by atoms with E-state index in [1.54, 1.807) is 12.1 Å². The van der Waals surface area contributed by atoms with Crippen molar-refractivity contribution in [3.8, 4) is 0 Å². The van der Waals surface area contributed by atoms with Crippen molar-refractivity contribution in [2.24, 2.45) is 0 Å². The lowest BCUT2D eigenvalue weighted by Gasteiger charge is -2.13. The van der Waals surface area contributed by atoms with Crippen LogP contribution in [-0.2, 0) is 17.3 Å². The summed E-state index contributed by atoms with van der Waals surface area (Å²) in [7, 11) is -3.42. The molecule has 0 saturated heterocycles. The number of alkyl halides is 3. The third-order valence-electron chi connectivity index (χ3n) is 2.75. The van der Waals surface area contributed by atoms with Gasteiger partial charge in [-0.2, -0.15) is 13.2 Å². The summed E-state index contributed by atoms with van der Waals surface area (Å²) in [6.07, 6.45) is 1.41. The minimum atomic E-state index is -5.04. The third kappa shape index (κ3) is 4.05. The van der Waals surface area contributed by atoms with E-state index in [2.05, 4.69) is 5.32 Å². The molecule has 0 bridgehead atoms. The van der Waals surface area contributed by atoms with Gasteiger partial charge in [-0.3, -0.25) is 0 Å². The van der Waals surface area contributed by atoms with Crippen LogP contribution in [0.15, 0.2) is 39.8 Å². The molecule has 1 unspecified atom stereocenters. The second-order valence-electron chi connectivity index (χ2n) is 4.28. The Bertz CT molecular complexity index is 746. The van der Waals surface area contributed by atoms with E-state index < -0.39 is 37.8 Å². The summed E-state index contributed by atoms with van der Waals surface area (Å²) in [6.45, 7) is 0.102. The first-order chi connectivity index (χ1) is 10.7. The van der Waals surface area contributed by atoms with E-state index in [1.807, 2.05) is 0 Å². The summed E-state index contributed by atoms with van der Waals surface area (Å²) in [5.74, 6) is -0.996. The summed E-state index contributed by atoms with van der Waals surface area (Å²) in [5.41, 5.74) is -5.53. The molecule has 10 heteroatoms. The molecule has 1 heterocycles. The number of carboxylic acid groups (broad SMARTS) is 1. The molecule has 0 aliphatic carbocycles. The fourth-order valence-corrected chi connectivity index (χ4v) is 2.82. The van der Waals surface area contributed by atoms with Crippen LogP contribution in [0.1, 0.15) is 16.1 Å². The molecule has 23 heavy (non-hydrogen) atoms. The van der Waals surface area contributed by atoms with Crippen LogP contribution in [0.4, 0.5) is 18.9 Å². The fraction of sp³-hybridized carbons (Fsp3) is 0.154. The zero-order valence-corrected chi connectivity index (χ0v) is 12.8. The van der Waals surface area contributed by atoms with Gasteiger partial charge in [0, 0.05) is 0 Å². The monoisotopic (exact) mass is 367 g/mol. The fourth-order valence-electron chi connectivity index (χ4n) is 1.74. The lowest BCUT2D eigenvalue weighted by Crippen LogP contribution is -2.17. The predicted octanol–water partition coefficient (Wildman–Crippen LogP) is 3.87. The van der Waals surface area contributed by atoms with E-state index in [4.69, 9.17) is 21.1 Å². The molecule has 5 nitrogen and oxygen atoms in total. The predicted molar refractivity (Wildman–Crippen MR) is 76.9 cm³/mol. The van der Waals surface area contributed by atoms with Crippen LogP contribution in [0.3, 0.4) is 0 Å². The number of anilines is 1. The van der Waals surface area contributed by atoms with Crippen LogP contribution in [0.2, 0.25) is 5.02 Å². The lowest BCUT2D eigenvalue weighted by molar-refractivity contribution is -0.0384. The van der Waals surface area contributed by atoms with Gasteiger partial charge in [0.05, 0.1) is 34.0 Å². The van der Waals surface area contributed by atoms with Gasteiger partial charge in [0.25, 0.3) is 0 Å². The number of hydrogen-bond donors (Lipinski definition) is 2. The number of rotatable bonds is 5. The number of nitrogens with one attached hydrogen (secondary N) is 1. The second kappa shape index (κ2) is 6.63. The summed E-state index contributed by atoms with van der Waals surface area (Å²) in [4.78, 5) is 10.4. The summed E-state index contributed by atoms with van der Waals surface area (Å²) < 4.78 is 54.1. The molecule has 0 aliphatic heterocycles. The quantitative estimate of drug-likeness (QED) is 0.838. The van der Waals surface area contributed by atoms with Gasteiger partial charge in [-0.25, -0.2) is 9.00 Å². The van der Waals surface area contributed by atoms with Gasteiger partial charge >= 0.3 is 11.5 Å². The van der Waals surface area contributed by atoms with Crippen LogP contribution in [-0.4, -0.2) is 20.8 Å². The van der Waals surface area contributed by atoms with Crippen molar-refractivity contribution in [3.63, 3.8) is 0 Å². The number of carboxylic acids is 1. The minimum Gasteiger partial charge on any atom is -0.478 e. The van der Waals surface area contributed by atoms with Crippen molar-refractivity contribution in [2.45, 2.75) is 16.9 Å². The molecule has 2 rings (SSSR count). The Morgan fingerprint density at radius 2 is 2.09 bits per heavy atom. The smallest absolute Gasteiger partial charge is 0.475 e. The van der Waals surface area contributed by atoms with E-state index in [-0.39, 0.29) is 12.2 Å². The van der Waals surface area contributed by atoms with Crippen molar-refractivity contribution in [1.82, 2.24) is 0 Å². The van der Waals surface area contributed by atoms with Crippen molar-refractivity contribution >= 4 is 34.1 Å². The zero-order valence-electron chi connectivity index (χ0n) is 11.2. The first-order valence-electron chi connectivity index (χ1n) is 6.02. The Kier molecular flexibility index (Phi) is 5.00. The van der Waals surface area contributed by atoms with E-state index in [9.17, 15) is 22.2 Å². The van der Waals surface area contributed by atoms with Crippen LogP contribution in [0, 0.1) is 0 Å². The molecule has 1 aromatic carbocycles. The van der Waals surface area contributed by atoms with Crippen molar-refractivity contribution in [3.05, 3.63) is 46.9 Å². The molecular weight excluding hydrogens is 359 g/mol. The SMILES string of the molecule is O=C(O)c1cc(S(=O)C(F)(F)F)c(Cl)cc1NCc1ccco1. The highest BCUT2D eigenvalue weighted by Crippen LogP contribution is 2.34. The maximum Gasteiger partial charge on any atom is 0.475 e. The Morgan fingerprint density at radius 1 is 1.39 bits per heavy atom. The number of carbonyl (C=O) groups is 1. The highest BCUT2D eigenvalue weighted by atomic mass is 35.5. The molecule has 2 N–H and O–H groups in total. The van der Waals surface area contributed by atoms with Gasteiger partial charge in [0.2, 0.25) is 0 Å². The molecule has 0 saturated carbocycles. The van der Waals surface area contributed by atoms with Gasteiger partial charge in [-0.15, -0.1) is 0 Å². The normalized spacial score (nSPS) is 12.9. The van der Waals surface area contributed by atoms with Crippen molar-refractivity contribution < 1.29 is 31.7 Å². The van der Waals surface area contributed by atoms with Gasteiger partial charge < -0.3 is 14.8 Å². The zero-order chi connectivity index (χ0) is 17.2. The molecule has 0 amide bonds. The molecule has 124 valence electrons. The van der Waals surface area contributed by atoms with Crippen LogP contribution in [0.5, 0.6) is 0 Å². The third-order valence-corrected chi connectivity index (χ3v) is 4.33. The van der Waals surface area contributed by atoms with E-state index in [0.717, 1.165) is 6.07 Å². The maximum atomic E-state index is 12.5. The van der Waals surface area contributed by atoms with Crippen molar-refractivity contribution in [2.75, 3.05) is 5.32 Å².